The molecule has 1 aliphatic rings. The van der Waals surface area contributed by atoms with Crippen LogP contribution in [-0.2, 0) is 4.74 Å². The minimum Gasteiger partial charge on any atom is -0.493 e. The molecule has 0 aliphatic carbocycles. The number of ether oxygens (including phenoxy) is 2. The minimum absolute atomic E-state index is 0.0298. The summed E-state index contributed by atoms with van der Waals surface area (Å²) in [7, 11) is 0. The van der Waals surface area contributed by atoms with Crippen molar-refractivity contribution in [1.82, 2.24) is 0 Å². The Morgan fingerprint density at radius 3 is 2.50 bits per heavy atom. The van der Waals surface area contributed by atoms with Gasteiger partial charge in [0.1, 0.15) is 5.75 Å². The van der Waals surface area contributed by atoms with Gasteiger partial charge in [-0.15, -0.1) is 0 Å². The smallest absolute Gasteiger partial charge is 0.168 e. The van der Waals surface area contributed by atoms with Crippen molar-refractivity contribution >= 4 is 21.7 Å². The third-order valence-electron chi connectivity index (χ3n) is 4.06. The summed E-state index contributed by atoms with van der Waals surface area (Å²) in [6.45, 7) is 8.63. The maximum absolute atomic E-state index is 12.7. The Hall–Kier alpha value is -0.870. The number of ketones is 1. The third-order valence-corrected chi connectivity index (χ3v) is 4.68. The number of rotatable bonds is 4. The summed E-state index contributed by atoms with van der Waals surface area (Å²) in [4.78, 5) is 12.7. The second-order valence-electron chi connectivity index (χ2n) is 5.37. The molecule has 1 aliphatic heterocycles. The quantitative estimate of drug-likeness (QED) is 0.774. The first-order valence-electron chi connectivity index (χ1n) is 7.07. The molecule has 1 heterocycles. The average molecular weight is 341 g/mol. The van der Waals surface area contributed by atoms with E-state index in [1.54, 1.807) is 0 Å². The number of hydrogen-bond donors (Lipinski definition) is 0. The van der Waals surface area contributed by atoms with Crippen molar-refractivity contribution in [1.29, 1.82) is 0 Å². The molecule has 0 spiro atoms. The van der Waals surface area contributed by atoms with Crippen molar-refractivity contribution in [2.45, 2.75) is 39.9 Å². The van der Waals surface area contributed by atoms with E-state index in [1.807, 2.05) is 39.0 Å². The van der Waals surface area contributed by atoms with Crippen molar-refractivity contribution in [3.8, 4) is 5.75 Å². The summed E-state index contributed by atoms with van der Waals surface area (Å²) in [5.41, 5.74) is 0.710. The molecule has 20 heavy (non-hydrogen) atoms. The highest BCUT2D eigenvalue weighted by Crippen LogP contribution is 2.35. The third kappa shape index (κ3) is 2.91. The van der Waals surface area contributed by atoms with Crippen LogP contribution in [0.25, 0.3) is 0 Å². The van der Waals surface area contributed by atoms with Crippen molar-refractivity contribution in [2.75, 3.05) is 6.61 Å². The Balaban J connectivity index is 2.23. The van der Waals surface area contributed by atoms with E-state index in [4.69, 9.17) is 9.47 Å². The molecule has 110 valence electrons. The van der Waals surface area contributed by atoms with Crippen LogP contribution < -0.4 is 4.74 Å². The normalized spacial score (nSPS) is 29.4. The lowest BCUT2D eigenvalue weighted by Gasteiger charge is -2.17. The van der Waals surface area contributed by atoms with Crippen LogP contribution in [0.5, 0.6) is 5.75 Å². The summed E-state index contributed by atoms with van der Waals surface area (Å²) in [5.74, 6) is 1.08. The van der Waals surface area contributed by atoms with Gasteiger partial charge in [-0.2, -0.15) is 0 Å². The fraction of sp³-hybridized carbons (Fsp3) is 0.562. The zero-order valence-corrected chi connectivity index (χ0v) is 13.9. The predicted octanol–water partition coefficient (Wildman–Crippen LogP) is 4.09. The first-order chi connectivity index (χ1) is 9.45. The molecule has 0 saturated carbocycles. The summed E-state index contributed by atoms with van der Waals surface area (Å²) in [6, 6.07) is 5.52. The molecule has 0 amide bonds. The molecular formula is C16H21BrO3. The van der Waals surface area contributed by atoms with Crippen molar-refractivity contribution < 1.29 is 14.3 Å². The molecule has 3 nitrogen and oxygen atoms in total. The standard InChI is InChI=1S/C16H21BrO3/c1-5-19-14-7-6-12(8-13(14)17)16(18)15-9(2)10(3)20-11(15)4/h6-11,15H,5H2,1-4H3. The molecule has 4 heteroatoms. The second kappa shape index (κ2) is 6.27. The van der Waals surface area contributed by atoms with E-state index in [9.17, 15) is 4.79 Å². The largest absolute Gasteiger partial charge is 0.493 e. The van der Waals surface area contributed by atoms with E-state index >= 15 is 0 Å². The molecule has 2 rings (SSSR count). The van der Waals surface area contributed by atoms with Crippen molar-refractivity contribution in [3.63, 3.8) is 0 Å². The summed E-state index contributed by atoms with van der Waals surface area (Å²) >= 11 is 3.46. The Kier molecular flexibility index (Phi) is 4.86. The van der Waals surface area contributed by atoms with E-state index in [-0.39, 0.29) is 29.8 Å². The summed E-state index contributed by atoms with van der Waals surface area (Å²) in [6.07, 6.45) is 0.0999. The van der Waals surface area contributed by atoms with Gasteiger partial charge >= 0.3 is 0 Å². The predicted molar refractivity (Wildman–Crippen MR) is 82.3 cm³/mol. The van der Waals surface area contributed by atoms with Gasteiger partial charge in [0, 0.05) is 5.56 Å². The van der Waals surface area contributed by atoms with E-state index < -0.39 is 0 Å². The highest BCUT2D eigenvalue weighted by Gasteiger charge is 2.41. The molecule has 4 atom stereocenters. The van der Waals surface area contributed by atoms with Crippen molar-refractivity contribution in [3.05, 3.63) is 28.2 Å². The average Bonchev–Trinajstić information content (AvgIpc) is 2.65. The van der Waals surface area contributed by atoms with E-state index in [0.29, 0.717) is 12.2 Å². The first-order valence-corrected chi connectivity index (χ1v) is 7.87. The lowest BCUT2D eigenvalue weighted by Crippen LogP contribution is -2.26. The molecule has 0 aromatic heterocycles. The number of carbonyl (C=O) groups is 1. The first kappa shape index (κ1) is 15.5. The van der Waals surface area contributed by atoms with Gasteiger partial charge in [-0.05, 0) is 60.8 Å². The van der Waals surface area contributed by atoms with Gasteiger partial charge in [-0.25, -0.2) is 0 Å². The van der Waals surface area contributed by atoms with Gasteiger partial charge in [0.05, 0.1) is 29.2 Å². The van der Waals surface area contributed by atoms with Crippen LogP contribution in [0.2, 0.25) is 0 Å². The van der Waals surface area contributed by atoms with Gasteiger partial charge in [-0.1, -0.05) is 6.92 Å². The maximum Gasteiger partial charge on any atom is 0.168 e. The van der Waals surface area contributed by atoms with Crippen LogP contribution in [0, 0.1) is 11.8 Å². The fourth-order valence-corrected chi connectivity index (χ4v) is 3.33. The summed E-state index contributed by atoms with van der Waals surface area (Å²) < 4.78 is 12.1. The topological polar surface area (TPSA) is 35.5 Å². The molecule has 1 saturated heterocycles. The van der Waals surface area contributed by atoms with Crippen LogP contribution in [0.4, 0.5) is 0 Å². The zero-order chi connectivity index (χ0) is 14.9. The number of benzene rings is 1. The Morgan fingerprint density at radius 1 is 1.30 bits per heavy atom. The van der Waals surface area contributed by atoms with Gasteiger partial charge in [0.2, 0.25) is 0 Å². The Labute approximate surface area is 128 Å². The molecule has 4 unspecified atom stereocenters. The minimum atomic E-state index is -0.0742. The van der Waals surface area contributed by atoms with E-state index in [0.717, 1.165) is 10.2 Å². The molecule has 1 aromatic carbocycles. The number of hydrogen-bond acceptors (Lipinski definition) is 3. The second-order valence-corrected chi connectivity index (χ2v) is 6.23. The highest BCUT2D eigenvalue weighted by molar-refractivity contribution is 9.10. The molecule has 1 fully saturated rings. The Bertz CT molecular complexity index is 500. The summed E-state index contributed by atoms with van der Waals surface area (Å²) in [5, 5.41) is 0. The van der Waals surface area contributed by atoms with Crippen LogP contribution in [0.3, 0.4) is 0 Å². The number of carbonyl (C=O) groups excluding carboxylic acids is 1. The molecule has 1 aromatic rings. The van der Waals surface area contributed by atoms with Crippen LogP contribution in [-0.4, -0.2) is 24.6 Å². The zero-order valence-electron chi connectivity index (χ0n) is 12.4. The molecular weight excluding hydrogens is 320 g/mol. The van der Waals surface area contributed by atoms with Crippen LogP contribution in [0.1, 0.15) is 38.1 Å². The lowest BCUT2D eigenvalue weighted by molar-refractivity contribution is 0.0491. The molecule has 0 bridgehead atoms. The number of Topliss-reactive ketones (excluding diaryl/α,β-unsaturated/α-hetero) is 1. The SMILES string of the molecule is CCOc1ccc(C(=O)C2C(C)OC(C)C2C)cc1Br. The molecule has 0 radical (unpaired) electrons. The monoisotopic (exact) mass is 340 g/mol. The van der Waals surface area contributed by atoms with Crippen molar-refractivity contribution in [2.24, 2.45) is 11.8 Å². The van der Waals surface area contributed by atoms with E-state index in [2.05, 4.69) is 22.9 Å². The Morgan fingerprint density at radius 2 is 2.00 bits per heavy atom. The van der Waals surface area contributed by atoms with Crippen LogP contribution in [0.15, 0.2) is 22.7 Å². The van der Waals surface area contributed by atoms with Gasteiger partial charge < -0.3 is 9.47 Å². The van der Waals surface area contributed by atoms with Gasteiger partial charge in [0.25, 0.3) is 0 Å². The maximum atomic E-state index is 12.7. The highest BCUT2D eigenvalue weighted by atomic mass is 79.9. The van der Waals surface area contributed by atoms with Gasteiger partial charge in [0.15, 0.2) is 5.78 Å². The van der Waals surface area contributed by atoms with E-state index in [1.165, 1.54) is 0 Å². The molecule has 0 N–H and O–H groups in total. The van der Waals surface area contributed by atoms with Gasteiger partial charge in [-0.3, -0.25) is 4.79 Å². The fourth-order valence-electron chi connectivity index (χ4n) is 2.84. The lowest BCUT2D eigenvalue weighted by atomic mass is 9.83. The number of halogens is 1. The van der Waals surface area contributed by atoms with Crippen LogP contribution >= 0.6 is 15.9 Å².